The molecule has 0 saturated carbocycles. The maximum absolute atomic E-state index is 13.9. The van der Waals surface area contributed by atoms with Gasteiger partial charge in [-0.05, 0) is 98.8 Å². The Bertz CT molecular complexity index is 1690. The fraction of sp³-hybridized carbons (Fsp3) is 0.424. The quantitative estimate of drug-likeness (QED) is 0.225. The van der Waals surface area contributed by atoms with Gasteiger partial charge in [-0.15, -0.1) is 0 Å². The Kier molecular flexibility index (Phi) is 11.8. The fourth-order valence-electron chi connectivity index (χ4n) is 5.43. The topological polar surface area (TPSA) is 128 Å². The van der Waals surface area contributed by atoms with Gasteiger partial charge in [0.1, 0.15) is 11.2 Å². The normalized spacial score (nSPS) is 13.0. The average molecular weight is 660 g/mol. The molecule has 13 heteroatoms. The van der Waals surface area contributed by atoms with E-state index in [1.807, 2.05) is 13.8 Å². The number of carboxylic acid groups (broad SMARTS) is 1. The summed E-state index contributed by atoms with van der Waals surface area (Å²) in [5, 5.41) is 21.8. The lowest BCUT2D eigenvalue weighted by Gasteiger charge is -2.26. The number of carbonyl (C=O) groups excluding carboxylic acids is 1. The van der Waals surface area contributed by atoms with E-state index in [0.717, 1.165) is 27.5 Å². The molecule has 1 aromatic carbocycles. The molecule has 2 aromatic heterocycles. The number of alkyl halides is 3. The van der Waals surface area contributed by atoms with Crippen LogP contribution >= 0.6 is 11.6 Å². The molecule has 0 aliphatic carbocycles. The van der Waals surface area contributed by atoms with E-state index in [9.17, 15) is 37.9 Å². The lowest BCUT2D eigenvalue weighted by molar-refractivity contribution is -0.139. The lowest BCUT2D eigenvalue weighted by atomic mass is 9.93. The number of carboxylic acids is 1. The number of benzene rings is 1. The highest BCUT2D eigenvalue weighted by atomic mass is 35.5. The molecule has 0 unspecified atom stereocenters. The Hall–Kier alpha value is -4.21. The number of nitrogens with zero attached hydrogens (tertiary/aromatic N) is 4. The van der Waals surface area contributed by atoms with Gasteiger partial charge in [0.05, 0.1) is 35.4 Å². The number of aromatic nitrogens is 2. The van der Waals surface area contributed by atoms with Crippen LogP contribution in [0.15, 0.2) is 41.3 Å². The van der Waals surface area contributed by atoms with Gasteiger partial charge in [-0.1, -0.05) is 25.4 Å². The molecule has 1 amide bonds. The summed E-state index contributed by atoms with van der Waals surface area (Å²) in [5.74, 6) is -2.17. The summed E-state index contributed by atoms with van der Waals surface area (Å²) in [6, 6.07) is 6.77. The van der Waals surface area contributed by atoms with E-state index in [1.54, 1.807) is 57.1 Å². The average Bonchev–Trinajstić information content (AvgIpc) is 2.93. The second-order valence-electron chi connectivity index (χ2n) is 12.0. The Morgan fingerprint density at radius 3 is 2.28 bits per heavy atom. The molecular formula is C33H37ClF3N5O4. The number of aliphatic carboxylic acids is 1. The van der Waals surface area contributed by atoms with Crippen molar-refractivity contribution in [2.45, 2.75) is 65.2 Å². The highest BCUT2D eigenvalue weighted by molar-refractivity contribution is 6.29. The van der Waals surface area contributed by atoms with Crippen LogP contribution in [0.5, 0.6) is 0 Å². The van der Waals surface area contributed by atoms with Crippen molar-refractivity contribution in [1.29, 1.82) is 5.26 Å². The van der Waals surface area contributed by atoms with Gasteiger partial charge in [0.15, 0.2) is 0 Å². The van der Waals surface area contributed by atoms with Gasteiger partial charge in [-0.25, -0.2) is 4.98 Å². The number of nitrogens with one attached hydrogen (secondary N) is 1. The first-order chi connectivity index (χ1) is 21.4. The Morgan fingerprint density at radius 2 is 1.76 bits per heavy atom. The molecule has 46 heavy (non-hydrogen) atoms. The molecule has 3 rings (SSSR count). The fourth-order valence-corrected chi connectivity index (χ4v) is 5.65. The van der Waals surface area contributed by atoms with Crippen LogP contribution in [-0.2, 0) is 22.2 Å². The molecule has 0 aliphatic heterocycles. The van der Waals surface area contributed by atoms with E-state index in [0.29, 0.717) is 17.2 Å². The second kappa shape index (κ2) is 14.9. The standard InChI is InChI=1S/C33H37ClF3N5O4/c1-18(2)9-27(42-17-22(7-8-41(5)6)24(14-29(42)43)33(35,36)37)32(46)40-26(15-30(44)45)25-12-23(13-28(34)39-25)31-19(3)10-21(16-38)11-20(31)4/h10-14,17-18,26-27H,7-9,15H2,1-6H3,(H,40,46)(H,44,45)/t26-,27-/m0/s1. The highest BCUT2D eigenvalue weighted by Crippen LogP contribution is 2.34. The molecule has 3 aromatic rings. The maximum Gasteiger partial charge on any atom is 0.416 e. The molecule has 0 aliphatic rings. The first kappa shape index (κ1) is 36.3. The molecule has 0 radical (unpaired) electrons. The molecule has 9 nitrogen and oxygen atoms in total. The number of hydrogen-bond donors (Lipinski definition) is 2. The number of pyridine rings is 2. The van der Waals surface area contributed by atoms with Crippen LogP contribution in [0.2, 0.25) is 5.15 Å². The number of likely N-dealkylation sites (N-methyl/N-ethyl adjacent to an activating group) is 1. The minimum Gasteiger partial charge on any atom is -0.481 e. The van der Waals surface area contributed by atoms with Crippen molar-refractivity contribution in [2.24, 2.45) is 5.92 Å². The number of halogens is 4. The number of rotatable bonds is 12. The Labute approximate surface area is 270 Å². The van der Waals surface area contributed by atoms with E-state index in [-0.39, 0.29) is 41.7 Å². The SMILES string of the molecule is Cc1cc(C#N)cc(C)c1-c1cc(Cl)nc([C@H](CC(=O)O)NC(=O)[C@H](CC(C)C)n2cc(CCN(C)C)c(C(F)(F)F)cc2=O)c1. The molecule has 0 spiro atoms. The van der Waals surface area contributed by atoms with Crippen LogP contribution in [-0.4, -0.2) is 52.1 Å². The van der Waals surface area contributed by atoms with Crippen molar-refractivity contribution >= 4 is 23.5 Å². The van der Waals surface area contributed by atoms with Gasteiger partial charge < -0.3 is 19.9 Å². The molecule has 2 heterocycles. The summed E-state index contributed by atoms with van der Waals surface area (Å²) in [7, 11) is 3.42. The summed E-state index contributed by atoms with van der Waals surface area (Å²) >= 11 is 6.38. The van der Waals surface area contributed by atoms with E-state index in [4.69, 9.17) is 11.6 Å². The van der Waals surface area contributed by atoms with Crippen molar-refractivity contribution in [2.75, 3.05) is 20.6 Å². The smallest absolute Gasteiger partial charge is 0.416 e. The van der Waals surface area contributed by atoms with Crippen LogP contribution in [0.25, 0.3) is 11.1 Å². The lowest BCUT2D eigenvalue weighted by Crippen LogP contribution is -2.41. The molecule has 2 N–H and O–H groups in total. The van der Waals surface area contributed by atoms with E-state index in [1.165, 1.54) is 0 Å². The first-order valence-electron chi connectivity index (χ1n) is 14.6. The van der Waals surface area contributed by atoms with Gasteiger partial charge in [-0.3, -0.25) is 14.4 Å². The minimum atomic E-state index is -4.77. The van der Waals surface area contributed by atoms with Gasteiger partial charge in [0.2, 0.25) is 5.91 Å². The number of carbonyl (C=O) groups is 2. The van der Waals surface area contributed by atoms with E-state index >= 15 is 0 Å². The van der Waals surface area contributed by atoms with Gasteiger partial charge in [0, 0.05) is 18.8 Å². The zero-order valence-corrected chi connectivity index (χ0v) is 27.3. The van der Waals surface area contributed by atoms with Crippen molar-refractivity contribution < 1.29 is 27.9 Å². The summed E-state index contributed by atoms with van der Waals surface area (Å²) in [4.78, 5) is 45.0. The maximum atomic E-state index is 13.9. The zero-order valence-electron chi connectivity index (χ0n) is 26.5. The third kappa shape index (κ3) is 9.17. The van der Waals surface area contributed by atoms with Crippen LogP contribution in [0.1, 0.15) is 72.3 Å². The predicted molar refractivity (Wildman–Crippen MR) is 168 cm³/mol. The van der Waals surface area contributed by atoms with Crippen molar-refractivity contribution in [3.63, 3.8) is 0 Å². The van der Waals surface area contributed by atoms with Crippen molar-refractivity contribution in [3.8, 4) is 17.2 Å². The first-order valence-corrected chi connectivity index (χ1v) is 15.0. The van der Waals surface area contributed by atoms with Gasteiger partial charge in [-0.2, -0.15) is 18.4 Å². The van der Waals surface area contributed by atoms with Crippen molar-refractivity contribution in [1.82, 2.24) is 19.8 Å². The zero-order chi connectivity index (χ0) is 34.5. The Balaban J connectivity index is 2.11. The van der Waals surface area contributed by atoms with E-state index in [2.05, 4.69) is 16.4 Å². The molecule has 0 bridgehead atoms. The molecule has 0 saturated heterocycles. The minimum absolute atomic E-state index is 0.0246. The summed E-state index contributed by atoms with van der Waals surface area (Å²) in [6.07, 6.45) is -4.22. The molecule has 2 atom stereocenters. The monoisotopic (exact) mass is 659 g/mol. The highest BCUT2D eigenvalue weighted by Gasteiger charge is 2.36. The largest absolute Gasteiger partial charge is 0.481 e. The summed E-state index contributed by atoms with van der Waals surface area (Å²) in [5.41, 5.74) is 1.27. The van der Waals surface area contributed by atoms with Gasteiger partial charge in [0.25, 0.3) is 5.56 Å². The number of hydrogen-bond acceptors (Lipinski definition) is 6. The van der Waals surface area contributed by atoms with Crippen molar-refractivity contribution in [3.05, 3.63) is 85.5 Å². The predicted octanol–water partition coefficient (Wildman–Crippen LogP) is 6.09. The number of nitriles is 1. The van der Waals surface area contributed by atoms with Crippen LogP contribution in [0, 0.1) is 31.1 Å². The number of aryl methyl sites for hydroxylation is 2. The Morgan fingerprint density at radius 1 is 1.13 bits per heavy atom. The van der Waals surface area contributed by atoms with Gasteiger partial charge >= 0.3 is 12.1 Å². The molecule has 246 valence electrons. The third-order valence-corrected chi connectivity index (χ3v) is 7.64. The molecular weight excluding hydrogens is 623 g/mol. The number of amides is 1. The van der Waals surface area contributed by atoms with Crippen LogP contribution in [0.4, 0.5) is 13.2 Å². The second-order valence-corrected chi connectivity index (χ2v) is 12.4. The summed E-state index contributed by atoms with van der Waals surface area (Å²) in [6.45, 7) is 7.50. The third-order valence-electron chi connectivity index (χ3n) is 7.45. The van der Waals surface area contributed by atoms with Crippen LogP contribution in [0.3, 0.4) is 0 Å². The van der Waals surface area contributed by atoms with Crippen LogP contribution < -0.4 is 10.9 Å². The van der Waals surface area contributed by atoms with E-state index < -0.39 is 47.7 Å². The summed E-state index contributed by atoms with van der Waals surface area (Å²) < 4.78 is 42.6. The molecule has 0 fully saturated rings.